The van der Waals surface area contributed by atoms with E-state index in [-0.39, 0.29) is 11.5 Å². The Hall–Kier alpha value is -3.00. The standard InChI is InChI=1S/C20H21N3O4S/c1-4-10-27-20(26)13(3)23-11-21-18-15(19(23)25)12(2)16(28-18)17(24)22-14-8-6-5-7-9-14/h5-9,11,13H,4,10H2,1-3H3,(H,22,24). The smallest absolute Gasteiger partial charge is 0.328 e. The van der Waals surface area contributed by atoms with Crippen molar-refractivity contribution in [1.29, 1.82) is 0 Å². The predicted molar refractivity (Wildman–Crippen MR) is 109 cm³/mol. The van der Waals surface area contributed by atoms with Gasteiger partial charge in [-0.05, 0) is 38.0 Å². The van der Waals surface area contributed by atoms with E-state index in [2.05, 4.69) is 10.3 Å². The molecule has 0 fully saturated rings. The highest BCUT2D eigenvalue weighted by molar-refractivity contribution is 7.20. The number of fused-ring (bicyclic) bond motifs is 1. The highest BCUT2D eigenvalue weighted by Gasteiger charge is 2.23. The molecule has 0 saturated carbocycles. The number of amides is 1. The topological polar surface area (TPSA) is 90.3 Å². The number of hydrogen-bond donors (Lipinski definition) is 1. The highest BCUT2D eigenvalue weighted by Crippen LogP contribution is 2.28. The van der Waals surface area contributed by atoms with Crippen LogP contribution in [0.4, 0.5) is 5.69 Å². The number of ether oxygens (including phenoxy) is 1. The summed E-state index contributed by atoms with van der Waals surface area (Å²) < 4.78 is 6.38. The van der Waals surface area contributed by atoms with E-state index in [4.69, 9.17) is 4.74 Å². The maximum atomic E-state index is 13.0. The van der Waals surface area contributed by atoms with Crippen molar-refractivity contribution in [2.45, 2.75) is 33.2 Å². The van der Waals surface area contributed by atoms with Gasteiger partial charge in [0.05, 0.1) is 23.2 Å². The van der Waals surface area contributed by atoms with Gasteiger partial charge in [0.1, 0.15) is 10.9 Å². The van der Waals surface area contributed by atoms with E-state index in [0.717, 1.165) is 11.3 Å². The van der Waals surface area contributed by atoms with Gasteiger partial charge in [0.15, 0.2) is 0 Å². The molecule has 0 spiro atoms. The zero-order valence-electron chi connectivity index (χ0n) is 15.9. The average Bonchev–Trinajstić information content (AvgIpc) is 3.04. The molecule has 1 atom stereocenters. The van der Waals surface area contributed by atoms with Crippen molar-refractivity contribution in [3.8, 4) is 0 Å². The van der Waals surface area contributed by atoms with Gasteiger partial charge in [0.25, 0.3) is 11.5 Å². The lowest BCUT2D eigenvalue weighted by Gasteiger charge is -2.13. The maximum Gasteiger partial charge on any atom is 0.328 e. The van der Waals surface area contributed by atoms with Crippen LogP contribution in [0.5, 0.6) is 0 Å². The van der Waals surface area contributed by atoms with E-state index >= 15 is 0 Å². The minimum atomic E-state index is -0.795. The van der Waals surface area contributed by atoms with Gasteiger partial charge in [-0.3, -0.25) is 14.2 Å². The summed E-state index contributed by atoms with van der Waals surface area (Å²) in [4.78, 5) is 42.9. The number of benzene rings is 1. The summed E-state index contributed by atoms with van der Waals surface area (Å²) >= 11 is 1.16. The van der Waals surface area contributed by atoms with Gasteiger partial charge in [-0.1, -0.05) is 25.1 Å². The molecule has 0 bridgehead atoms. The van der Waals surface area contributed by atoms with Crippen molar-refractivity contribution in [2.75, 3.05) is 11.9 Å². The Balaban J connectivity index is 1.95. The van der Waals surface area contributed by atoms with Crippen LogP contribution in [0.15, 0.2) is 41.5 Å². The highest BCUT2D eigenvalue weighted by atomic mass is 32.1. The maximum absolute atomic E-state index is 13.0. The number of hydrogen-bond acceptors (Lipinski definition) is 6. The van der Waals surface area contributed by atoms with Crippen LogP contribution in [0, 0.1) is 6.92 Å². The van der Waals surface area contributed by atoms with E-state index in [9.17, 15) is 14.4 Å². The molecule has 28 heavy (non-hydrogen) atoms. The molecule has 2 aromatic heterocycles. The molecule has 8 heteroatoms. The third-order valence-corrected chi connectivity index (χ3v) is 5.52. The fourth-order valence-corrected chi connectivity index (χ4v) is 3.81. The lowest BCUT2D eigenvalue weighted by Crippen LogP contribution is -2.29. The average molecular weight is 399 g/mol. The van der Waals surface area contributed by atoms with Gasteiger partial charge < -0.3 is 10.1 Å². The van der Waals surface area contributed by atoms with Crippen molar-refractivity contribution in [2.24, 2.45) is 0 Å². The summed E-state index contributed by atoms with van der Waals surface area (Å²) in [6.45, 7) is 5.51. The van der Waals surface area contributed by atoms with Crippen LogP contribution in [0.2, 0.25) is 0 Å². The Morgan fingerprint density at radius 1 is 1.29 bits per heavy atom. The molecule has 1 amide bonds. The Bertz CT molecular complexity index is 1070. The molecule has 146 valence electrons. The van der Waals surface area contributed by atoms with Crippen molar-refractivity contribution >= 4 is 39.1 Å². The van der Waals surface area contributed by atoms with Gasteiger partial charge in [-0.25, -0.2) is 9.78 Å². The molecule has 3 rings (SSSR count). The molecular formula is C20H21N3O4S. The van der Waals surface area contributed by atoms with Crippen LogP contribution in [-0.4, -0.2) is 28.0 Å². The SMILES string of the molecule is CCCOC(=O)C(C)n1cnc2sc(C(=O)Nc3ccccc3)c(C)c2c1=O. The van der Waals surface area contributed by atoms with Crippen LogP contribution in [-0.2, 0) is 9.53 Å². The minimum Gasteiger partial charge on any atom is -0.464 e. The number of esters is 1. The molecule has 0 aliphatic carbocycles. The zero-order chi connectivity index (χ0) is 20.3. The number of thiophene rings is 1. The number of aryl methyl sites for hydroxylation is 1. The molecule has 0 saturated heterocycles. The van der Waals surface area contributed by atoms with Gasteiger partial charge in [0.2, 0.25) is 0 Å². The fraction of sp³-hybridized carbons (Fsp3) is 0.300. The largest absolute Gasteiger partial charge is 0.464 e. The molecule has 7 nitrogen and oxygen atoms in total. The van der Waals surface area contributed by atoms with Gasteiger partial charge in [-0.15, -0.1) is 11.3 Å². The summed E-state index contributed by atoms with van der Waals surface area (Å²) in [7, 11) is 0. The first-order chi connectivity index (χ1) is 13.4. The molecule has 2 heterocycles. The summed E-state index contributed by atoms with van der Waals surface area (Å²) in [5.41, 5.74) is 0.856. The van der Waals surface area contributed by atoms with Crippen molar-refractivity contribution < 1.29 is 14.3 Å². The molecule has 1 unspecified atom stereocenters. The number of para-hydroxylation sites is 1. The fourth-order valence-electron chi connectivity index (χ4n) is 2.78. The second kappa shape index (κ2) is 8.35. The number of anilines is 1. The second-order valence-corrected chi connectivity index (χ2v) is 7.36. The summed E-state index contributed by atoms with van der Waals surface area (Å²) in [6, 6.07) is 8.29. The van der Waals surface area contributed by atoms with Gasteiger partial charge >= 0.3 is 5.97 Å². The lowest BCUT2D eigenvalue weighted by atomic mass is 10.2. The number of nitrogens with one attached hydrogen (secondary N) is 1. The molecule has 3 aromatic rings. The van der Waals surface area contributed by atoms with E-state index < -0.39 is 12.0 Å². The van der Waals surface area contributed by atoms with Crippen LogP contribution < -0.4 is 10.9 Å². The number of rotatable bonds is 6. The Labute approximate surface area is 166 Å². The monoisotopic (exact) mass is 399 g/mol. The van der Waals surface area contributed by atoms with Crippen LogP contribution >= 0.6 is 11.3 Å². The third-order valence-electron chi connectivity index (χ3n) is 4.32. The summed E-state index contributed by atoms with van der Waals surface area (Å²) in [6.07, 6.45) is 2.03. The van der Waals surface area contributed by atoms with Gasteiger partial charge in [0, 0.05) is 5.69 Å². The van der Waals surface area contributed by atoms with E-state index in [1.807, 2.05) is 25.1 Å². The molecular weight excluding hydrogens is 378 g/mol. The quantitative estimate of drug-likeness (QED) is 0.641. The minimum absolute atomic E-state index is 0.298. The van der Waals surface area contributed by atoms with Crippen LogP contribution in [0.25, 0.3) is 10.2 Å². The third kappa shape index (κ3) is 3.82. The van der Waals surface area contributed by atoms with E-state index in [1.165, 1.54) is 10.9 Å². The number of aromatic nitrogens is 2. The zero-order valence-corrected chi connectivity index (χ0v) is 16.7. The van der Waals surface area contributed by atoms with Crippen LogP contribution in [0.3, 0.4) is 0 Å². The van der Waals surface area contributed by atoms with E-state index in [0.29, 0.717) is 39.4 Å². The van der Waals surface area contributed by atoms with Crippen molar-refractivity contribution in [3.05, 3.63) is 57.5 Å². The van der Waals surface area contributed by atoms with Crippen molar-refractivity contribution in [3.63, 3.8) is 0 Å². The van der Waals surface area contributed by atoms with Gasteiger partial charge in [-0.2, -0.15) is 0 Å². The molecule has 0 aliphatic heterocycles. The molecule has 0 aliphatic rings. The predicted octanol–water partition coefficient (Wildman–Crippen LogP) is 3.53. The lowest BCUT2D eigenvalue weighted by molar-refractivity contribution is -0.147. The normalized spacial score (nSPS) is 12.0. The Morgan fingerprint density at radius 3 is 2.68 bits per heavy atom. The summed E-state index contributed by atoms with van der Waals surface area (Å²) in [5, 5.41) is 3.17. The van der Waals surface area contributed by atoms with Crippen molar-refractivity contribution in [1.82, 2.24) is 9.55 Å². The number of nitrogens with zero attached hydrogens (tertiary/aromatic N) is 2. The number of carbonyl (C=O) groups excluding carboxylic acids is 2. The summed E-state index contributed by atoms with van der Waals surface area (Å²) in [5.74, 6) is -0.784. The molecule has 0 radical (unpaired) electrons. The Morgan fingerprint density at radius 2 is 2.00 bits per heavy atom. The first-order valence-electron chi connectivity index (χ1n) is 8.97. The Kier molecular flexibility index (Phi) is 5.89. The first-order valence-corrected chi connectivity index (χ1v) is 9.79. The number of carbonyl (C=O) groups is 2. The van der Waals surface area contributed by atoms with Crippen LogP contribution in [0.1, 0.15) is 41.5 Å². The second-order valence-electron chi connectivity index (χ2n) is 6.36. The first kappa shape index (κ1) is 19.8. The van der Waals surface area contributed by atoms with E-state index in [1.54, 1.807) is 26.0 Å². The molecule has 1 N–H and O–H groups in total. The molecule has 1 aromatic carbocycles.